The van der Waals surface area contributed by atoms with Gasteiger partial charge in [0.2, 0.25) is 0 Å². The van der Waals surface area contributed by atoms with Gasteiger partial charge < -0.3 is 0 Å². The standard InChI is InChI=1S/C33H66/c1-14-16-23(6)29(12)33(22(4)5)27(10)19-25(8)28(11)26(9)20-32(21(2)3)30(13)31-18-15-17-24(31)7/h21-33H,14-20H2,1-13H3. The zero-order chi connectivity index (χ0) is 25.5. The fraction of sp³-hybridized carbons (Fsp3) is 1.00. The first-order chi connectivity index (χ1) is 15.3. The van der Waals surface area contributed by atoms with Gasteiger partial charge in [0.1, 0.15) is 0 Å². The molecule has 0 aliphatic heterocycles. The van der Waals surface area contributed by atoms with Crippen LogP contribution < -0.4 is 0 Å². The normalized spacial score (nSPS) is 27.7. The van der Waals surface area contributed by atoms with Gasteiger partial charge in [-0.05, 0) is 96.2 Å². The summed E-state index contributed by atoms with van der Waals surface area (Å²) < 4.78 is 0. The van der Waals surface area contributed by atoms with Crippen LogP contribution in [0.4, 0.5) is 0 Å². The highest BCUT2D eigenvalue weighted by Crippen LogP contribution is 2.45. The van der Waals surface area contributed by atoms with Crippen molar-refractivity contribution in [1.29, 1.82) is 0 Å². The maximum atomic E-state index is 2.60. The Hall–Kier alpha value is 0. The summed E-state index contributed by atoms with van der Waals surface area (Å²) in [6.45, 7) is 32.8. The highest BCUT2D eigenvalue weighted by Gasteiger charge is 2.36. The van der Waals surface area contributed by atoms with Crippen molar-refractivity contribution >= 4 is 0 Å². The summed E-state index contributed by atoms with van der Waals surface area (Å²) in [5.74, 6) is 11.1. The molecule has 0 N–H and O–H groups in total. The van der Waals surface area contributed by atoms with Crippen molar-refractivity contribution in [3.63, 3.8) is 0 Å². The van der Waals surface area contributed by atoms with E-state index in [2.05, 4.69) is 90.0 Å². The van der Waals surface area contributed by atoms with Gasteiger partial charge in [0.15, 0.2) is 0 Å². The van der Waals surface area contributed by atoms with Gasteiger partial charge in [-0.1, -0.05) is 116 Å². The lowest BCUT2D eigenvalue weighted by Crippen LogP contribution is -2.32. The Morgan fingerprint density at radius 2 is 1.21 bits per heavy atom. The van der Waals surface area contributed by atoms with Crippen LogP contribution in [0.5, 0.6) is 0 Å². The smallest absolute Gasteiger partial charge is 0.0337 e. The Labute approximate surface area is 211 Å². The van der Waals surface area contributed by atoms with Crippen molar-refractivity contribution in [3.05, 3.63) is 0 Å². The van der Waals surface area contributed by atoms with Crippen LogP contribution in [0.1, 0.15) is 135 Å². The summed E-state index contributed by atoms with van der Waals surface area (Å²) >= 11 is 0. The van der Waals surface area contributed by atoms with Crippen LogP contribution in [-0.4, -0.2) is 0 Å². The SMILES string of the molecule is CCCC(C)C(C)C(C(C)C)C(C)CC(C)C(C)C(C)CC(C(C)C)C(C)C1CCCC1C. The Kier molecular flexibility index (Phi) is 13.7. The Morgan fingerprint density at radius 1 is 0.636 bits per heavy atom. The van der Waals surface area contributed by atoms with Gasteiger partial charge in [-0.3, -0.25) is 0 Å². The van der Waals surface area contributed by atoms with E-state index < -0.39 is 0 Å². The number of rotatable bonds is 15. The minimum absolute atomic E-state index is 0.786. The zero-order valence-electron chi connectivity index (χ0n) is 25.5. The third-order valence-corrected chi connectivity index (χ3v) is 11.0. The van der Waals surface area contributed by atoms with Crippen molar-refractivity contribution in [2.45, 2.75) is 135 Å². The van der Waals surface area contributed by atoms with Crippen LogP contribution in [0.3, 0.4) is 0 Å². The predicted molar refractivity (Wildman–Crippen MR) is 151 cm³/mol. The summed E-state index contributed by atoms with van der Waals surface area (Å²) in [6.07, 6.45) is 9.95. The summed E-state index contributed by atoms with van der Waals surface area (Å²) in [5.41, 5.74) is 0. The molecule has 0 heterocycles. The highest BCUT2D eigenvalue weighted by atomic mass is 14.4. The van der Waals surface area contributed by atoms with Crippen LogP contribution >= 0.6 is 0 Å². The molecule has 11 atom stereocenters. The van der Waals surface area contributed by atoms with Crippen LogP contribution in [-0.2, 0) is 0 Å². The third-order valence-electron chi connectivity index (χ3n) is 11.0. The van der Waals surface area contributed by atoms with Crippen molar-refractivity contribution in [2.24, 2.45) is 76.9 Å². The number of hydrogen-bond acceptors (Lipinski definition) is 0. The minimum atomic E-state index is 0.786. The lowest BCUT2D eigenvalue weighted by Gasteiger charge is -2.40. The van der Waals surface area contributed by atoms with E-state index in [1.54, 1.807) is 0 Å². The van der Waals surface area contributed by atoms with Crippen LogP contribution in [0.2, 0.25) is 0 Å². The highest BCUT2D eigenvalue weighted by molar-refractivity contribution is 4.86. The molecule has 0 spiro atoms. The molecule has 198 valence electrons. The van der Waals surface area contributed by atoms with Crippen molar-refractivity contribution < 1.29 is 0 Å². The molecule has 0 saturated heterocycles. The van der Waals surface area contributed by atoms with E-state index in [1.807, 2.05) is 0 Å². The first-order valence-electron chi connectivity index (χ1n) is 15.3. The van der Waals surface area contributed by atoms with Gasteiger partial charge in [-0.15, -0.1) is 0 Å². The fourth-order valence-corrected chi connectivity index (χ4v) is 8.41. The van der Waals surface area contributed by atoms with Crippen molar-refractivity contribution in [3.8, 4) is 0 Å². The monoisotopic (exact) mass is 463 g/mol. The molecule has 1 aliphatic rings. The number of hydrogen-bond donors (Lipinski definition) is 0. The molecule has 11 unspecified atom stereocenters. The predicted octanol–water partition coefficient (Wildman–Crippen LogP) is 11.0. The van der Waals surface area contributed by atoms with E-state index in [1.165, 1.54) is 44.9 Å². The second-order valence-corrected chi connectivity index (χ2v) is 14.0. The van der Waals surface area contributed by atoms with E-state index in [9.17, 15) is 0 Å². The fourth-order valence-electron chi connectivity index (χ4n) is 8.41. The second-order valence-electron chi connectivity index (χ2n) is 14.0. The van der Waals surface area contributed by atoms with Gasteiger partial charge in [0.25, 0.3) is 0 Å². The topological polar surface area (TPSA) is 0 Å². The van der Waals surface area contributed by atoms with Gasteiger partial charge in [-0.25, -0.2) is 0 Å². The molecule has 0 amide bonds. The maximum absolute atomic E-state index is 2.60. The van der Waals surface area contributed by atoms with Crippen molar-refractivity contribution in [2.75, 3.05) is 0 Å². The molecule has 0 aromatic rings. The summed E-state index contributed by atoms with van der Waals surface area (Å²) in [4.78, 5) is 0. The molecule has 0 bridgehead atoms. The van der Waals surface area contributed by atoms with Gasteiger partial charge >= 0.3 is 0 Å². The first kappa shape index (κ1) is 31.0. The molecular formula is C33H66. The van der Waals surface area contributed by atoms with Crippen LogP contribution in [0, 0.1) is 76.9 Å². The van der Waals surface area contributed by atoms with E-state index in [4.69, 9.17) is 0 Å². The molecule has 1 fully saturated rings. The summed E-state index contributed by atoms with van der Waals surface area (Å²) in [6, 6.07) is 0. The van der Waals surface area contributed by atoms with Crippen LogP contribution in [0.25, 0.3) is 0 Å². The molecule has 1 aliphatic carbocycles. The first-order valence-corrected chi connectivity index (χ1v) is 15.3. The lowest BCUT2D eigenvalue weighted by molar-refractivity contribution is 0.0926. The van der Waals surface area contributed by atoms with E-state index in [-0.39, 0.29) is 0 Å². The average molecular weight is 463 g/mol. The van der Waals surface area contributed by atoms with E-state index >= 15 is 0 Å². The maximum Gasteiger partial charge on any atom is -0.0337 e. The van der Waals surface area contributed by atoms with Crippen molar-refractivity contribution in [1.82, 2.24) is 0 Å². The van der Waals surface area contributed by atoms with Gasteiger partial charge in [0.05, 0.1) is 0 Å². The van der Waals surface area contributed by atoms with Gasteiger partial charge in [0, 0.05) is 0 Å². The molecule has 1 saturated carbocycles. The molecule has 0 radical (unpaired) electrons. The third kappa shape index (κ3) is 8.86. The van der Waals surface area contributed by atoms with Gasteiger partial charge in [-0.2, -0.15) is 0 Å². The molecule has 0 aromatic heterocycles. The second kappa shape index (κ2) is 14.5. The quantitative estimate of drug-likeness (QED) is 0.227. The average Bonchev–Trinajstić information content (AvgIpc) is 3.16. The Balaban J connectivity index is 2.79. The van der Waals surface area contributed by atoms with E-state index in [0.717, 1.165) is 76.9 Å². The molecular weight excluding hydrogens is 396 g/mol. The summed E-state index contributed by atoms with van der Waals surface area (Å²) in [5, 5.41) is 0. The zero-order valence-corrected chi connectivity index (χ0v) is 25.5. The molecule has 1 rings (SSSR count). The Morgan fingerprint density at radius 3 is 1.67 bits per heavy atom. The lowest BCUT2D eigenvalue weighted by atomic mass is 9.65. The Bertz CT molecular complexity index is 504. The van der Waals surface area contributed by atoms with E-state index in [0.29, 0.717) is 0 Å². The largest absolute Gasteiger partial charge is 0.0654 e. The van der Waals surface area contributed by atoms with Crippen LogP contribution in [0.15, 0.2) is 0 Å². The molecule has 0 heteroatoms. The minimum Gasteiger partial charge on any atom is -0.0654 e. The summed E-state index contributed by atoms with van der Waals surface area (Å²) in [7, 11) is 0. The molecule has 0 nitrogen and oxygen atoms in total. The molecule has 0 aromatic carbocycles. The molecule has 33 heavy (non-hydrogen) atoms.